The minimum Gasteiger partial charge on any atom is -0.497 e. The molecule has 0 N–H and O–H groups in total. The molecule has 1 aliphatic rings. The normalized spacial score (nSPS) is 15.4. The second kappa shape index (κ2) is 6.87. The molecular weight excluding hydrogens is 292 g/mol. The van der Waals surface area contributed by atoms with Gasteiger partial charge in [-0.05, 0) is 42.3 Å². The lowest BCUT2D eigenvalue weighted by Crippen LogP contribution is -2.05. The molecule has 0 aliphatic carbocycles. The molecule has 1 aromatic carbocycles. The summed E-state index contributed by atoms with van der Waals surface area (Å²) in [6.45, 7) is 0. The highest BCUT2D eigenvalue weighted by Gasteiger charge is 2.22. The lowest BCUT2D eigenvalue weighted by Gasteiger charge is -2.03. The lowest BCUT2D eigenvalue weighted by molar-refractivity contribution is -0.130. The molecule has 5 nitrogen and oxygen atoms in total. The number of carbonyl (C=O) groups excluding carboxylic acids is 1. The molecule has 116 valence electrons. The Kier molecular flexibility index (Phi) is 4.47. The van der Waals surface area contributed by atoms with E-state index in [9.17, 15) is 4.79 Å². The van der Waals surface area contributed by atoms with Crippen LogP contribution in [0.25, 0.3) is 6.08 Å². The van der Waals surface area contributed by atoms with Crippen molar-refractivity contribution in [2.24, 2.45) is 4.99 Å². The fourth-order valence-electron chi connectivity index (χ4n) is 2.24. The Morgan fingerprint density at radius 3 is 2.87 bits per heavy atom. The molecule has 0 saturated carbocycles. The third kappa shape index (κ3) is 3.83. The molecule has 0 radical (unpaired) electrons. The number of carbonyl (C=O) groups is 1. The Morgan fingerprint density at radius 1 is 1.17 bits per heavy atom. The summed E-state index contributed by atoms with van der Waals surface area (Å²) in [4.78, 5) is 20.3. The van der Waals surface area contributed by atoms with E-state index in [1.165, 1.54) is 0 Å². The van der Waals surface area contributed by atoms with E-state index in [1.807, 2.05) is 42.5 Å². The van der Waals surface area contributed by atoms with Crippen molar-refractivity contribution in [3.8, 4) is 5.75 Å². The van der Waals surface area contributed by atoms with E-state index in [-0.39, 0.29) is 5.70 Å². The van der Waals surface area contributed by atoms with Gasteiger partial charge in [0.25, 0.3) is 0 Å². The maximum absolute atomic E-state index is 11.8. The fraction of sp³-hybridized carbons (Fsp3) is 0.167. The molecule has 0 bridgehead atoms. The molecule has 1 aromatic heterocycles. The summed E-state index contributed by atoms with van der Waals surface area (Å²) in [7, 11) is 1.64. The van der Waals surface area contributed by atoms with Crippen LogP contribution >= 0.6 is 0 Å². The van der Waals surface area contributed by atoms with E-state index >= 15 is 0 Å². The first-order chi connectivity index (χ1) is 11.2. The summed E-state index contributed by atoms with van der Waals surface area (Å²) in [6, 6.07) is 13.3. The van der Waals surface area contributed by atoms with Gasteiger partial charge in [-0.25, -0.2) is 9.79 Å². The summed E-state index contributed by atoms with van der Waals surface area (Å²) in [5.41, 5.74) is 2.06. The Bertz CT molecular complexity index is 767. The monoisotopic (exact) mass is 308 g/mol. The van der Waals surface area contributed by atoms with Gasteiger partial charge in [0.1, 0.15) is 5.75 Å². The van der Waals surface area contributed by atoms with Gasteiger partial charge in [0.15, 0.2) is 11.6 Å². The molecule has 0 atom stereocenters. The molecule has 0 fully saturated rings. The highest BCUT2D eigenvalue weighted by molar-refractivity contribution is 6.07. The van der Waals surface area contributed by atoms with Gasteiger partial charge >= 0.3 is 5.97 Å². The quantitative estimate of drug-likeness (QED) is 0.629. The minimum absolute atomic E-state index is 0.282. The van der Waals surface area contributed by atoms with Crippen LogP contribution in [0.1, 0.15) is 17.7 Å². The first-order valence-corrected chi connectivity index (χ1v) is 7.30. The van der Waals surface area contributed by atoms with Gasteiger partial charge in [-0.2, -0.15) is 0 Å². The Balaban J connectivity index is 1.68. The molecule has 5 heteroatoms. The van der Waals surface area contributed by atoms with E-state index in [2.05, 4.69) is 9.98 Å². The highest BCUT2D eigenvalue weighted by atomic mass is 16.6. The van der Waals surface area contributed by atoms with Gasteiger partial charge in [-0.1, -0.05) is 18.2 Å². The van der Waals surface area contributed by atoms with Crippen molar-refractivity contribution in [2.45, 2.75) is 12.8 Å². The smallest absolute Gasteiger partial charge is 0.363 e. The van der Waals surface area contributed by atoms with Crippen molar-refractivity contribution in [2.75, 3.05) is 7.11 Å². The molecule has 23 heavy (non-hydrogen) atoms. The van der Waals surface area contributed by atoms with Crippen LogP contribution in [0, 0.1) is 0 Å². The van der Waals surface area contributed by atoms with Gasteiger partial charge < -0.3 is 9.47 Å². The zero-order valence-electron chi connectivity index (χ0n) is 12.7. The molecule has 2 heterocycles. The van der Waals surface area contributed by atoms with Crippen LogP contribution in [0.5, 0.6) is 5.75 Å². The fourth-order valence-corrected chi connectivity index (χ4v) is 2.24. The van der Waals surface area contributed by atoms with Crippen LogP contribution in [0.3, 0.4) is 0 Å². The average Bonchev–Trinajstić information content (AvgIpc) is 2.94. The van der Waals surface area contributed by atoms with Crippen LogP contribution < -0.4 is 4.74 Å². The zero-order valence-corrected chi connectivity index (χ0v) is 12.7. The molecule has 0 unspecified atom stereocenters. The summed E-state index contributed by atoms with van der Waals surface area (Å²) in [6.07, 6.45) is 4.57. The van der Waals surface area contributed by atoms with Gasteiger partial charge in [0.2, 0.25) is 0 Å². The molecule has 0 saturated heterocycles. The maximum atomic E-state index is 11.8. The van der Waals surface area contributed by atoms with Gasteiger partial charge in [0, 0.05) is 12.6 Å². The number of methoxy groups -OCH3 is 1. The minimum atomic E-state index is -0.434. The second-order valence-corrected chi connectivity index (χ2v) is 5.03. The van der Waals surface area contributed by atoms with Gasteiger partial charge in [0.05, 0.1) is 12.8 Å². The number of cyclic esters (lactones) is 1. The van der Waals surface area contributed by atoms with E-state index in [0.717, 1.165) is 17.7 Å². The molecular formula is C18H16N2O3. The van der Waals surface area contributed by atoms with Gasteiger partial charge in [-0.3, -0.25) is 4.98 Å². The molecule has 1 aliphatic heterocycles. The number of aromatic nitrogens is 1. The lowest BCUT2D eigenvalue weighted by atomic mass is 10.1. The third-order valence-electron chi connectivity index (χ3n) is 3.40. The van der Waals surface area contributed by atoms with Crippen LogP contribution in [0.4, 0.5) is 0 Å². The largest absolute Gasteiger partial charge is 0.497 e. The third-order valence-corrected chi connectivity index (χ3v) is 3.40. The predicted molar refractivity (Wildman–Crippen MR) is 87.1 cm³/mol. The zero-order chi connectivity index (χ0) is 16.1. The second-order valence-electron chi connectivity index (χ2n) is 5.03. The number of hydrogen-bond acceptors (Lipinski definition) is 5. The first kappa shape index (κ1) is 15.0. The number of nitrogens with zero attached hydrogens (tertiary/aromatic N) is 2. The van der Waals surface area contributed by atoms with Crippen LogP contribution in [-0.4, -0.2) is 24.0 Å². The standard InChI is InChI=1S/C18H16N2O3/c1-22-15-7-4-5-13(11-15)8-9-17-20-16(18(21)23-17)12-14-6-2-3-10-19-14/h2-7,10-12H,8-9H2,1H3/b16-12+. The number of aliphatic imine (C=N–C) groups is 1. The van der Waals surface area contributed by atoms with Crippen LogP contribution in [0.15, 0.2) is 59.4 Å². The van der Waals surface area contributed by atoms with Crippen LogP contribution in [-0.2, 0) is 16.0 Å². The van der Waals surface area contributed by atoms with Crippen molar-refractivity contribution in [1.82, 2.24) is 4.98 Å². The number of ether oxygens (including phenoxy) is 2. The Hall–Kier alpha value is -2.95. The van der Waals surface area contributed by atoms with Crippen molar-refractivity contribution < 1.29 is 14.3 Å². The first-order valence-electron chi connectivity index (χ1n) is 7.30. The summed E-state index contributed by atoms with van der Waals surface area (Å²) in [5.74, 6) is 0.805. The highest BCUT2D eigenvalue weighted by Crippen LogP contribution is 2.18. The number of pyridine rings is 1. The van der Waals surface area contributed by atoms with E-state index in [1.54, 1.807) is 19.4 Å². The predicted octanol–water partition coefficient (Wildman–Crippen LogP) is 3.02. The summed E-state index contributed by atoms with van der Waals surface area (Å²) in [5, 5.41) is 0. The van der Waals surface area contributed by atoms with Gasteiger partial charge in [-0.15, -0.1) is 0 Å². The van der Waals surface area contributed by atoms with Crippen molar-refractivity contribution in [1.29, 1.82) is 0 Å². The summed E-state index contributed by atoms with van der Waals surface area (Å²) >= 11 is 0. The van der Waals surface area contributed by atoms with Crippen LogP contribution in [0.2, 0.25) is 0 Å². The number of benzene rings is 1. The summed E-state index contributed by atoms with van der Waals surface area (Å²) < 4.78 is 10.4. The molecule has 2 aromatic rings. The SMILES string of the molecule is COc1cccc(CCC2=N/C(=C/c3ccccn3)C(=O)O2)c1. The number of esters is 1. The average molecular weight is 308 g/mol. The van der Waals surface area contributed by atoms with Crippen molar-refractivity contribution in [3.05, 3.63) is 65.6 Å². The number of aryl methyl sites for hydroxylation is 1. The van der Waals surface area contributed by atoms with E-state index in [0.29, 0.717) is 18.0 Å². The molecule has 0 spiro atoms. The van der Waals surface area contributed by atoms with E-state index < -0.39 is 5.97 Å². The molecule has 3 rings (SSSR count). The Morgan fingerprint density at radius 2 is 2.09 bits per heavy atom. The van der Waals surface area contributed by atoms with Crippen molar-refractivity contribution >= 4 is 17.9 Å². The van der Waals surface area contributed by atoms with Crippen molar-refractivity contribution in [3.63, 3.8) is 0 Å². The molecule has 0 amide bonds. The topological polar surface area (TPSA) is 60.8 Å². The number of hydrogen-bond donors (Lipinski definition) is 0. The van der Waals surface area contributed by atoms with E-state index in [4.69, 9.17) is 9.47 Å². The Labute approximate surface area is 134 Å². The number of rotatable bonds is 5. The maximum Gasteiger partial charge on any atom is 0.363 e.